The van der Waals surface area contributed by atoms with Crippen molar-refractivity contribution in [2.75, 3.05) is 33.9 Å². The number of hydrogen-bond acceptors (Lipinski definition) is 4. The van der Waals surface area contributed by atoms with Crippen molar-refractivity contribution < 1.29 is 14.3 Å². The van der Waals surface area contributed by atoms with Gasteiger partial charge in [-0.05, 0) is 36.6 Å². The Kier molecular flexibility index (Phi) is 5.87. The molecule has 5 nitrogen and oxygen atoms in total. The zero-order chi connectivity index (χ0) is 14.8. The molecule has 1 saturated heterocycles. The molecule has 1 atom stereocenters. The van der Waals surface area contributed by atoms with Gasteiger partial charge in [0.25, 0.3) is 5.91 Å². The summed E-state index contributed by atoms with van der Waals surface area (Å²) in [7, 11) is 3.14. The van der Waals surface area contributed by atoms with Gasteiger partial charge in [-0.25, -0.2) is 0 Å². The summed E-state index contributed by atoms with van der Waals surface area (Å²) in [5.74, 6) is 1.21. The van der Waals surface area contributed by atoms with Crippen LogP contribution in [-0.2, 0) is 0 Å². The number of carbonyl (C=O) groups excluding carboxylic acids is 1. The maximum Gasteiger partial charge on any atom is 0.254 e. The SMILES string of the molecule is COc1ccc(C(=O)N2CCC(C)(CN)C2)cc1OC.Cl. The summed E-state index contributed by atoms with van der Waals surface area (Å²) in [6.45, 7) is 4.18. The van der Waals surface area contributed by atoms with Crippen molar-refractivity contribution in [3.63, 3.8) is 0 Å². The third-order valence-electron chi connectivity index (χ3n) is 3.97. The lowest BCUT2D eigenvalue weighted by atomic mass is 9.90. The Morgan fingerprint density at radius 3 is 2.52 bits per heavy atom. The van der Waals surface area contributed by atoms with Crippen LogP contribution in [0.15, 0.2) is 18.2 Å². The number of hydrogen-bond donors (Lipinski definition) is 1. The second-order valence-corrected chi connectivity index (χ2v) is 5.56. The summed E-state index contributed by atoms with van der Waals surface area (Å²) in [6, 6.07) is 5.24. The molecule has 1 amide bonds. The lowest BCUT2D eigenvalue weighted by Crippen LogP contribution is -2.34. The van der Waals surface area contributed by atoms with E-state index >= 15 is 0 Å². The zero-order valence-electron chi connectivity index (χ0n) is 12.7. The summed E-state index contributed by atoms with van der Waals surface area (Å²) >= 11 is 0. The minimum Gasteiger partial charge on any atom is -0.493 e. The zero-order valence-corrected chi connectivity index (χ0v) is 13.5. The number of benzene rings is 1. The molecule has 1 unspecified atom stereocenters. The molecule has 0 aromatic heterocycles. The van der Waals surface area contributed by atoms with Gasteiger partial charge in [-0.2, -0.15) is 0 Å². The molecule has 1 aliphatic rings. The fourth-order valence-electron chi connectivity index (χ4n) is 2.52. The number of halogens is 1. The van der Waals surface area contributed by atoms with Crippen LogP contribution in [0, 0.1) is 5.41 Å². The van der Waals surface area contributed by atoms with E-state index in [9.17, 15) is 4.79 Å². The van der Waals surface area contributed by atoms with Gasteiger partial charge in [0, 0.05) is 18.7 Å². The van der Waals surface area contributed by atoms with Crippen LogP contribution in [0.2, 0.25) is 0 Å². The Bertz CT molecular complexity index is 510. The highest BCUT2D eigenvalue weighted by molar-refractivity contribution is 5.95. The molecule has 1 aromatic rings. The first kappa shape index (κ1) is 17.6. The molecule has 2 N–H and O–H groups in total. The molecule has 0 aliphatic carbocycles. The molecule has 118 valence electrons. The summed E-state index contributed by atoms with van der Waals surface area (Å²) in [6.07, 6.45) is 0.947. The van der Waals surface area contributed by atoms with E-state index in [1.807, 2.05) is 4.90 Å². The maximum atomic E-state index is 12.5. The van der Waals surface area contributed by atoms with E-state index in [4.69, 9.17) is 15.2 Å². The predicted molar refractivity (Wildman–Crippen MR) is 84.5 cm³/mol. The van der Waals surface area contributed by atoms with Gasteiger partial charge in [-0.1, -0.05) is 6.92 Å². The molecule has 6 heteroatoms. The predicted octanol–water partition coefficient (Wildman–Crippen LogP) is 1.94. The van der Waals surface area contributed by atoms with Crippen LogP contribution in [0.25, 0.3) is 0 Å². The Labute approximate surface area is 131 Å². The Morgan fingerprint density at radius 2 is 2.00 bits per heavy atom. The van der Waals surface area contributed by atoms with Gasteiger partial charge >= 0.3 is 0 Å². The monoisotopic (exact) mass is 314 g/mol. The number of carbonyl (C=O) groups is 1. The average molecular weight is 315 g/mol. The number of likely N-dealkylation sites (tertiary alicyclic amines) is 1. The molecule has 21 heavy (non-hydrogen) atoms. The van der Waals surface area contributed by atoms with Gasteiger partial charge in [-0.3, -0.25) is 4.79 Å². The first-order valence-corrected chi connectivity index (χ1v) is 6.74. The number of ether oxygens (including phenoxy) is 2. The molecular weight excluding hydrogens is 292 g/mol. The normalized spacial score (nSPS) is 20.9. The lowest BCUT2D eigenvalue weighted by molar-refractivity contribution is 0.0776. The van der Waals surface area contributed by atoms with Crippen LogP contribution >= 0.6 is 12.4 Å². The third-order valence-corrected chi connectivity index (χ3v) is 3.97. The maximum absolute atomic E-state index is 12.5. The average Bonchev–Trinajstić information content (AvgIpc) is 2.89. The molecular formula is C15H23ClN2O3. The minimum atomic E-state index is 0. The van der Waals surface area contributed by atoms with E-state index in [0.717, 1.165) is 13.0 Å². The van der Waals surface area contributed by atoms with E-state index in [0.29, 0.717) is 30.2 Å². The quantitative estimate of drug-likeness (QED) is 0.922. The van der Waals surface area contributed by atoms with Crippen molar-refractivity contribution in [2.45, 2.75) is 13.3 Å². The molecule has 2 rings (SSSR count). The van der Waals surface area contributed by atoms with Crippen molar-refractivity contribution in [2.24, 2.45) is 11.1 Å². The van der Waals surface area contributed by atoms with Crippen LogP contribution in [0.1, 0.15) is 23.7 Å². The van der Waals surface area contributed by atoms with Gasteiger partial charge in [0.05, 0.1) is 14.2 Å². The van der Waals surface area contributed by atoms with Gasteiger partial charge in [0.15, 0.2) is 11.5 Å². The summed E-state index contributed by atoms with van der Waals surface area (Å²) in [4.78, 5) is 14.4. The second kappa shape index (κ2) is 7.00. The minimum absolute atomic E-state index is 0. The van der Waals surface area contributed by atoms with Gasteiger partial charge in [0.2, 0.25) is 0 Å². The molecule has 1 heterocycles. The lowest BCUT2D eigenvalue weighted by Gasteiger charge is -2.22. The van der Waals surface area contributed by atoms with Crippen LogP contribution < -0.4 is 15.2 Å². The number of rotatable bonds is 4. The summed E-state index contributed by atoms with van der Waals surface area (Å²) < 4.78 is 10.4. The molecule has 0 saturated carbocycles. The van der Waals surface area contributed by atoms with Gasteiger partial charge in [0.1, 0.15) is 0 Å². The van der Waals surface area contributed by atoms with Crippen molar-refractivity contribution in [3.05, 3.63) is 23.8 Å². The summed E-state index contributed by atoms with van der Waals surface area (Å²) in [5, 5.41) is 0. The van der Waals surface area contributed by atoms with Crippen molar-refractivity contribution in [1.82, 2.24) is 4.90 Å². The van der Waals surface area contributed by atoms with Crippen molar-refractivity contribution in [3.8, 4) is 11.5 Å². The van der Waals surface area contributed by atoms with Gasteiger partial charge in [-0.15, -0.1) is 12.4 Å². The van der Waals surface area contributed by atoms with E-state index < -0.39 is 0 Å². The van der Waals surface area contributed by atoms with E-state index in [-0.39, 0.29) is 23.7 Å². The highest BCUT2D eigenvalue weighted by atomic mass is 35.5. The Morgan fingerprint density at radius 1 is 1.33 bits per heavy atom. The molecule has 0 bridgehead atoms. The topological polar surface area (TPSA) is 64.8 Å². The molecule has 1 aliphatic heterocycles. The highest BCUT2D eigenvalue weighted by Crippen LogP contribution is 2.32. The number of nitrogens with two attached hydrogens (primary N) is 1. The van der Waals surface area contributed by atoms with Crippen LogP contribution in [0.5, 0.6) is 11.5 Å². The van der Waals surface area contributed by atoms with Crippen LogP contribution in [-0.4, -0.2) is 44.7 Å². The van der Waals surface area contributed by atoms with E-state index in [1.165, 1.54) is 0 Å². The summed E-state index contributed by atoms with van der Waals surface area (Å²) in [5.41, 5.74) is 6.43. The van der Waals surface area contributed by atoms with Crippen LogP contribution in [0.4, 0.5) is 0 Å². The number of methoxy groups -OCH3 is 2. The molecule has 1 aromatic carbocycles. The Hall–Kier alpha value is -1.46. The first-order valence-electron chi connectivity index (χ1n) is 6.74. The van der Waals surface area contributed by atoms with Crippen molar-refractivity contribution in [1.29, 1.82) is 0 Å². The van der Waals surface area contributed by atoms with Crippen molar-refractivity contribution >= 4 is 18.3 Å². The molecule has 0 spiro atoms. The standard InChI is InChI=1S/C15H22N2O3.ClH/c1-15(9-16)6-7-17(10-15)14(18)11-4-5-12(19-2)13(8-11)20-3;/h4-5,8H,6-7,9-10,16H2,1-3H3;1H. The smallest absolute Gasteiger partial charge is 0.254 e. The van der Waals surface area contributed by atoms with E-state index in [2.05, 4.69) is 6.92 Å². The third kappa shape index (κ3) is 3.60. The van der Waals surface area contributed by atoms with Gasteiger partial charge < -0.3 is 20.1 Å². The second-order valence-electron chi connectivity index (χ2n) is 5.56. The first-order chi connectivity index (χ1) is 9.53. The van der Waals surface area contributed by atoms with Crippen LogP contribution in [0.3, 0.4) is 0 Å². The fourth-order valence-corrected chi connectivity index (χ4v) is 2.52. The number of nitrogens with zero attached hydrogens (tertiary/aromatic N) is 1. The van der Waals surface area contributed by atoms with E-state index in [1.54, 1.807) is 32.4 Å². The fraction of sp³-hybridized carbons (Fsp3) is 0.533. The largest absolute Gasteiger partial charge is 0.493 e. The Balaban J connectivity index is 0.00000220. The molecule has 1 fully saturated rings. The number of amides is 1. The highest BCUT2D eigenvalue weighted by Gasteiger charge is 2.35. The molecule has 0 radical (unpaired) electrons.